The maximum absolute atomic E-state index is 11.6. The average Bonchev–Trinajstić information content (AvgIpc) is 3.37. The molecule has 0 saturated heterocycles. The summed E-state index contributed by atoms with van der Waals surface area (Å²) in [6.07, 6.45) is 8.38. The van der Waals surface area contributed by atoms with E-state index in [0.29, 0.717) is 17.0 Å². The summed E-state index contributed by atoms with van der Waals surface area (Å²) in [5.41, 5.74) is 7.46. The van der Waals surface area contributed by atoms with Crippen LogP contribution in [0.5, 0.6) is 11.5 Å². The maximum atomic E-state index is 11.6. The Morgan fingerprint density at radius 2 is 1.83 bits per heavy atom. The Balaban J connectivity index is 1.21. The normalized spacial score (nSPS) is 11.2. The largest absolute Gasteiger partial charge is 0.457 e. The van der Waals surface area contributed by atoms with Crippen molar-refractivity contribution in [1.29, 1.82) is 0 Å². The number of imidazole rings is 1. The molecule has 3 heterocycles. The van der Waals surface area contributed by atoms with Crippen LogP contribution in [0.2, 0.25) is 0 Å². The monoisotopic (exact) mass is 553 g/mol. The molecule has 2 N–H and O–H groups in total. The van der Waals surface area contributed by atoms with Gasteiger partial charge in [-0.15, -0.1) is 0 Å². The highest BCUT2D eigenvalue weighted by Gasteiger charge is 2.10. The standard InChI is InChI=1S/C33H27N7O2/c1-4-31(41)37-24-7-5-6-22(17-24)8-9-23-10-13-27-32(38-23)33(35-19-34-27)39-25-11-15-30(21(2)16-25)42-26-12-14-29-28(18-26)36-20-40(29)3/h4-20H,1H2,2-3H3,(H,37,41)(H,34,35,39). The lowest BCUT2D eigenvalue weighted by Crippen LogP contribution is -2.06. The van der Waals surface area contributed by atoms with Crippen molar-refractivity contribution in [2.45, 2.75) is 6.92 Å². The predicted octanol–water partition coefficient (Wildman–Crippen LogP) is 7.05. The van der Waals surface area contributed by atoms with Gasteiger partial charge in [-0.05, 0) is 84.8 Å². The van der Waals surface area contributed by atoms with Gasteiger partial charge in [0.25, 0.3) is 0 Å². The van der Waals surface area contributed by atoms with Crippen LogP contribution in [-0.4, -0.2) is 30.4 Å². The summed E-state index contributed by atoms with van der Waals surface area (Å²) in [4.78, 5) is 29.7. The van der Waals surface area contributed by atoms with Gasteiger partial charge < -0.3 is 19.9 Å². The number of aromatic nitrogens is 5. The number of benzene rings is 3. The molecule has 0 aliphatic carbocycles. The Labute approximate surface area is 242 Å². The smallest absolute Gasteiger partial charge is 0.247 e. The van der Waals surface area contributed by atoms with Crippen molar-refractivity contribution < 1.29 is 9.53 Å². The minimum absolute atomic E-state index is 0.257. The number of ether oxygens (including phenoxy) is 1. The molecule has 3 aromatic heterocycles. The fourth-order valence-electron chi connectivity index (χ4n) is 4.52. The quantitative estimate of drug-likeness (QED) is 0.195. The number of anilines is 3. The number of carbonyl (C=O) groups is 1. The SMILES string of the molecule is C=CC(=O)Nc1cccc(C=Cc2ccc3ncnc(Nc4ccc(Oc5ccc6c(c5)ncn6C)c(C)c4)c3n2)c1. The first-order valence-corrected chi connectivity index (χ1v) is 13.2. The number of amides is 1. The second-order valence-corrected chi connectivity index (χ2v) is 9.69. The van der Waals surface area contributed by atoms with Crippen molar-refractivity contribution in [2.24, 2.45) is 7.05 Å². The molecule has 0 unspecified atom stereocenters. The fraction of sp³-hybridized carbons (Fsp3) is 0.0606. The molecule has 0 fully saturated rings. The van der Waals surface area contributed by atoms with E-state index in [2.05, 4.69) is 32.2 Å². The predicted molar refractivity (Wildman–Crippen MR) is 167 cm³/mol. The summed E-state index contributed by atoms with van der Waals surface area (Å²) >= 11 is 0. The number of nitrogens with zero attached hydrogens (tertiary/aromatic N) is 5. The zero-order chi connectivity index (χ0) is 29.1. The van der Waals surface area contributed by atoms with E-state index in [-0.39, 0.29) is 5.91 Å². The van der Waals surface area contributed by atoms with Crippen LogP contribution in [-0.2, 0) is 11.8 Å². The molecule has 9 heteroatoms. The summed E-state index contributed by atoms with van der Waals surface area (Å²) in [6.45, 7) is 5.48. The number of nitrogens with one attached hydrogen (secondary N) is 2. The Kier molecular flexibility index (Phi) is 7.13. The van der Waals surface area contributed by atoms with Gasteiger partial charge in [0, 0.05) is 24.5 Å². The summed E-state index contributed by atoms with van der Waals surface area (Å²) in [5.74, 6) is 1.82. The van der Waals surface area contributed by atoms with Crippen LogP contribution < -0.4 is 15.4 Å². The van der Waals surface area contributed by atoms with Gasteiger partial charge in [-0.1, -0.05) is 24.8 Å². The third-order valence-electron chi connectivity index (χ3n) is 6.65. The molecular weight excluding hydrogens is 526 g/mol. The number of carbonyl (C=O) groups excluding carboxylic acids is 1. The van der Waals surface area contributed by atoms with E-state index >= 15 is 0 Å². The van der Waals surface area contributed by atoms with E-state index in [1.165, 1.54) is 12.4 Å². The van der Waals surface area contributed by atoms with Crippen molar-refractivity contribution >= 4 is 57.3 Å². The Bertz CT molecular complexity index is 1990. The molecule has 1 amide bonds. The number of pyridine rings is 1. The zero-order valence-electron chi connectivity index (χ0n) is 23.1. The molecule has 0 aliphatic heterocycles. The van der Waals surface area contributed by atoms with Crippen LogP contribution in [0.1, 0.15) is 16.8 Å². The van der Waals surface area contributed by atoms with Crippen molar-refractivity contribution in [1.82, 2.24) is 24.5 Å². The van der Waals surface area contributed by atoms with Gasteiger partial charge in [-0.3, -0.25) is 4.79 Å². The molecule has 0 atom stereocenters. The maximum Gasteiger partial charge on any atom is 0.247 e. The van der Waals surface area contributed by atoms with E-state index in [1.807, 2.05) is 103 Å². The Morgan fingerprint density at radius 1 is 0.929 bits per heavy atom. The average molecular weight is 554 g/mol. The molecule has 3 aromatic carbocycles. The second kappa shape index (κ2) is 11.3. The number of rotatable bonds is 8. The van der Waals surface area contributed by atoms with Gasteiger partial charge >= 0.3 is 0 Å². The van der Waals surface area contributed by atoms with Crippen LogP contribution in [0.15, 0.2) is 98.1 Å². The number of fused-ring (bicyclic) bond motifs is 2. The molecule has 6 aromatic rings. The van der Waals surface area contributed by atoms with E-state index in [4.69, 9.17) is 9.72 Å². The molecular formula is C33H27N7O2. The minimum Gasteiger partial charge on any atom is -0.457 e. The van der Waals surface area contributed by atoms with Gasteiger partial charge in [-0.2, -0.15) is 0 Å². The van der Waals surface area contributed by atoms with Crippen LogP contribution in [0, 0.1) is 6.92 Å². The Morgan fingerprint density at radius 3 is 2.69 bits per heavy atom. The van der Waals surface area contributed by atoms with Gasteiger partial charge in [-0.25, -0.2) is 19.9 Å². The zero-order valence-corrected chi connectivity index (χ0v) is 23.1. The highest BCUT2D eigenvalue weighted by atomic mass is 16.5. The molecule has 42 heavy (non-hydrogen) atoms. The molecule has 0 spiro atoms. The molecule has 9 nitrogen and oxygen atoms in total. The first kappa shape index (κ1) is 26.4. The van der Waals surface area contributed by atoms with E-state index in [9.17, 15) is 4.79 Å². The number of hydrogen-bond donors (Lipinski definition) is 2. The summed E-state index contributed by atoms with van der Waals surface area (Å²) in [7, 11) is 1.97. The topological polar surface area (TPSA) is 107 Å². The lowest BCUT2D eigenvalue weighted by atomic mass is 10.1. The highest BCUT2D eigenvalue weighted by Crippen LogP contribution is 2.31. The number of hydrogen-bond acceptors (Lipinski definition) is 7. The van der Waals surface area contributed by atoms with Crippen LogP contribution in [0.4, 0.5) is 17.2 Å². The van der Waals surface area contributed by atoms with Crippen LogP contribution >= 0.6 is 0 Å². The molecule has 206 valence electrons. The van der Waals surface area contributed by atoms with E-state index < -0.39 is 0 Å². The molecule has 6 rings (SSSR count). The minimum atomic E-state index is -0.257. The Hall–Kier alpha value is -5.83. The van der Waals surface area contributed by atoms with Gasteiger partial charge in [0.2, 0.25) is 5.91 Å². The van der Waals surface area contributed by atoms with Gasteiger partial charge in [0.05, 0.1) is 28.6 Å². The fourth-order valence-corrected chi connectivity index (χ4v) is 4.52. The van der Waals surface area contributed by atoms with Gasteiger partial charge in [0.1, 0.15) is 23.3 Å². The second-order valence-electron chi connectivity index (χ2n) is 9.69. The molecule has 0 saturated carbocycles. The molecule has 0 aliphatic rings. The summed E-state index contributed by atoms with van der Waals surface area (Å²) in [6, 6.07) is 23.1. The third-order valence-corrected chi connectivity index (χ3v) is 6.65. The number of aryl methyl sites for hydroxylation is 2. The first-order valence-electron chi connectivity index (χ1n) is 13.2. The van der Waals surface area contributed by atoms with Crippen molar-refractivity contribution in [2.75, 3.05) is 10.6 Å². The van der Waals surface area contributed by atoms with E-state index in [1.54, 1.807) is 6.33 Å². The summed E-state index contributed by atoms with van der Waals surface area (Å²) in [5, 5.41) is 6.15. The van der Waals surface area contributed by atoms with E-state index in [0.717, 1.165) is 50.6 Å². The van der Waals surface area contributed by atoms with Crippen LogP contribution in [0.25, 0.3) is 34.2 Å². The van der Waals surface area contributed by atoms with Crippen LogP contribution in [0.3, 0.4) is 0 Å². The van der Waals surface area contributed by atoms with Gasteiger partial charge in [0.15, 0.2) is 5.82 Å². The van der Waals surface area contributed by atoms with Crippen molar-refractivity contribution in [3.05, 3.63) is 115 Å². The lowest BCUT2D eigenvalue weighted by molar-refractivity contribution is -0.111. The highest BCUT2D eigenvalue weighted by molar-refractivity contribution is 5.99. The van der Waals surface area contributed by atoms with Crippen molar-refractivity contribution in [3.63, 3.8) is 0 Å². The van der Waals surface area contributed by atoms with Crippen molar-refractivity contribution in [3.8, 4) is 11.5 Å². The first-order chi connectivity index (χ1) is 20.4. The molecule has 0 bridgehead atoms. The molecule has 0 radical (unpaired) electrons. The summed E-state index contributed by atoms with van der Waals surface area (Å²) < 4.78 is 8.14. The lowest BCUT2D eigenvalue weighted by Gasteiger charge is -2.12. The third kappa shape index (κ3) is 5.71.